The number of carbonyl (C=O) groups excluding carboxylic acids is 4. The molecule has 0 saturated heterocycles. The Morgan fingerprint density at radius 3 is 0.982 bits per heavy atom. The summed E-state index contributed by atoms with van der Waals surface area (Å²) in [6.07, 6.45) is 11.9. The molecule has 5 aliphatic rings. The van der Waals surface area contributed by atoms with Crippen molar-refractivity contribution in [2.24, 2.45) is 23.7 Å². The maximum atomic E-state index is 13.9. The number of unbranched alkanes of at least 4 members (excludes halogenated alkanes) is 4. The lowest BCUT2D eigenvalue weighted by atomic mass is 9.99. The first kappa shape index (κ1) is 88.0. The first-order valence-electron chi connectivity index (χ1n) is 39.4. The zero-order valence-electron chi connectivity index (χ0n) is 66.0. The minimum atomic E-state index is -4.27. The van der Waals surface area contributed by atoms with Crippen LogP contribution in [0.1, 0.15) is 179 Å². The number of thiophene rings is 5. The third-order valence-corrected chi connectivity index (χ3v) is 27.9. The highest BCUT2D eigenvalue weighted by atomic mass is 32.2. The van der Waals surface area contributed by atoms with E-state index in [2.05, 4.69) is 27.7 Å². The summed E-state index contributed by atoms with van der Waals surface area (Å²) < 4.78 is 154. The summed E-state index contributed by atoms with van der Waals surface area (Å²) in [5, 5.41) is 0. The molecule has 2 aromatic carbocycles. The molecule has 0 radical (unpaired) electrons. The van der Waals surface area contributed by atoms with Gasteiger partial charge in [-0.25, -0.2) is 25.7 Å². The summed E-state index contributed by atoms with van der Waals surface area (Å²) >= 11 is 7.45. The normalized spacial score (nSPS) is 15.8. The Bertz CT molecular complexity index is 4770. The van der Waals surface area contributed by atoms with Crippen LogP contribution in [0.4, 0.5) is 0 Å². The Labute approximate surface area is 681 Å². The predicted molar refractivity (Wildman–Crippen MR) is 434 cm³/mol. The fourth-order valence-corrected chi connectivity index (χ4v) is 20.8. The number of esters is 4. The van der Waals surface area contributed by atoms with E-state index in [-0.39, 0.29) is 83.4 Å². The highest BCUT2D eigenvalue weighted by Gasteiger charge is 2.41. The Hall–Kier alpha value is -7.36. The van der Waals surface area contributed by atoms with E-state index in [0.717, 1.165) is 123 Å². The molecule has 0 bridgehead atoms. The van der Waals surface area contributed by atoms with Gasteiger partial charge in [-0.15, -0.1) is 56.7 Å². The van der Waals surface area contributed by atoms with E-state index >= 15 is 0 Å². The fraction of sp³-hybridized carbons (Fsp3) is 0.561. The van der Waals surface area contributed by atoms with E-state index in [4.69, 9.17) is 65.7 Å². The van der Waals surface area contributed by atoms with Crippen molar-refractivity contribution in [3.05, 3.63) is 98.2 Å². The van der Waals surface area contributed by atoms with Gasteiger partial charge in [0.2, 0.25) is 11.5 Å². The number of ether oxygens (including phenoxy) is 12. The van der Waals surface area contributed by atoms with Gasteiger partial charge in [0.15, 0.2) is 56.8 Å². The van der Waals surface area contributed by atoms with Crippen molar-refractivity contribution in [2.45, 2.75) is 207 Å². The molecule has 113 heavy (non-hydrogen) atoms. The standard InChI is InChI=1S/C68H90O18S5.2C7H8O3S/c1-9-17-21-39(13-5)65(69)83-37-43(85-67(71)41(15-7)23-19-11-3)35-45-47-49(75-27-25-73-47)57(87-45)59-51-53(79-31-29-77-51)61(89-59)63-55-56(82-34-33-81-55)64(91-63)62-54-52(78-30-32-80-54)60(90-62)58-50-48(74-26-28-76-50)46(88-58)36-44(86-68(72)42(16-8)24-20-12-4)38-84-66(70)40(14-6)22-18-10-2;2*1-6-2-4-7(5-3-6)11(8,9)10/h39-44H,9-38H2,1-8H3;2*2-5H,1H3,(H,8,9,10)/q+2;;/p-2. The smallest absolute Gasteiger partial charge is 0.405 e. The molecule has 31 heteroatoms. The Morgan fingerprint density at radius 2 is 0.673 bits per heavy atom. The number of hydrogen-bond donors (Lipinski definition) is 0. The van der Waals surface area contributed by atoms with Crippen LogP contribution in [0.5, 0.6) is 46.0 Å². The fourth-order valence-electron chi connectivity index (χ4n) is 13.3. The van der Waals surface area contributed by atoms with Crippen LogP contribution in [-0.2, 0) is 71.2 Å². The lowest BCUT2D eigenvalue weighted by molar-refractivity contribution is -0.164. The molecule has 0 fully saturated rings. The third-order valence-electron chi connectivity index (χ3n) is 19.7. The Morgan fingerprint density at radius 1 is 0.389 bits per heavy atom. The van der Waals surface area contributed by atoms with Crippen LogP contribution in [0.25, 0.3) is 29.3 Å². The number of aryl methyl sites for hydroxylation is 2. The first-order chi connectivity index (χ1) is 54.5. The molecule has 5 aromatic heterocycles. The van der Waals surface area contributed by atoms with Gasteiger partial charge in [-0.1, -0.05) is 142 Å². The van der Waals surface area contributed by atoms with E-state index in [0.29, 0.717) is 161 Å². The van der Waals surface area contributed by atoms with Gasteiger partial charge in [-0.05, 0) is 89.5 Å². The van der Waals surface area contributed by atoms with Crippen molar-refractivity contribution in [2.75, 3.05) is 79.3 Å². The molecule has 6 atom stereocenters. The van der Waals surface area contributed by atoms with Crippen molar-refractivity contribution in [1.82, 2.24) is 0 Å². The van der Waals surface area contributed by atoms with Gasteiger partial charge in [0, 0.05) is 12.8 Å². The minimum absolute atomic E-state index is 0.0921. The summed E-state index contributed by atoms with van der Waals surface area (Å²) in [5.74, 6) is 2.32. The molecule has 24 nitrogen and oxygen atoms in total. The average Bonchev–Trinajstić information content (AvgIpc) is 1.57. The summed E-state index contributed by atoms with van der Waals surface area (Å²) in [5.41, 5.74) is 2.99. The molecule has 7 aromatic rings. The van der Waals surface area contributed by atoms with E-state index < -0.39 is 32.4 Å². The van der Waals surface area contributed by atoms with E-state index in [1.807, 2.05) is 41.5 Å². The van der Waals surface area contributed by atoms with Gasteiger partial charge >= 0.3 is 34.7 Å². The summed E-state index contributed by atoms with van der Waals surface area (Å²) in [6, 6.07) is 11.6. The van der Waals surface area contributed by atoms with Gasteiger partial charge in [0.1, 0.15) is 95.1 Å². The number of benzene rings is 2. The van der Waals surface area contributed by atoms with Gasteiger partial charge in [0.25, 0.3) is 13.2 Å². The second-order valence-electron chi connectivity index (χ2n) is 28.1. The molecule has 0 saturated carbocycles. The Kier molecular flexibility index (Phi) is 32.7. The van der Waals surface area contributed by atoms with Crippen LogP contribution in [0.2, 0.25) is 0 Å². The van der Waals surface area contributed by atoms with Crippen LogP contribution in [-0.4, -0.2) is 141 Å². The summed E-state index contributed by atoms with van der Waals surface area (Å²) in [6.45, 7) is 23.1. The quantitative estimate of drug-likeness (QED) is 0.0154. The highest BCUT2D eigenvalue weighted by molar-refractivity contribution is 7.86. The maximum Gasteiger partial charge on any atom is 0.405 e. The SMILES string of the molecule is CCCCC(CC)C(=O)OCC(Cc1sc(-c2sc(-c3s/c(=c4/sc(-c5sc(CC(COC(=O)C(CC)CCCC)OC(=O)C(CC)CCCC)c6c5OCCO6)c5c4=[O+]CCO5)c4c3OCC[O+]=4)c3c2OCCO3)c2c1OCCO2)OC(=O)C(CC)CCCC.Cc1ccc(S(=O)(=O)[O-])cc1.Cc1ccc(S(=O)(=O)[O-])cc1. The number of fused-ring (bicyclic) bond motifs is 5. The predicted octanol–water partition coefficient (Wildman–Crippen LogP) is 16.3. The highest BCUT2D eigenvalue weighted by Crippen LogP contribution is 2.61. The van der Waals surface area contributed by atoms with Crippen molar-refractivity contribution in [3.63, 3.8) is 0 Å². The molecule has 12 rings (SSSR count). The maximum absolute atomic E-state index is 13.9. The van der Waals surface area contributed by atoms with Crippen LogP contribution in [0, 0.1) is 46.6 Å². The van der Waals surface area contributed by atoms with Crippen LogP contribution >= 0.6 is 56.7 Å². The minimum Gasteiger partial charge on any atom is -0.744 e. The second kappa shape index (κ2) is 42.0. The lowest BCUT2D eigenvalue weighted by Crippen LogP contribution is -2.31. The molecule has 0 amide bonds. The van der Waals surface area contributed by atoms with Crippen LogP contribution in [0.15, 0.2) is 67.2 Å². The first-order valence-corrected chi connectivity index (χ1v) is 46.3. The van der Waals surface area contributed by atoms with Gasteiger partial charge in [-0.2, -0.15) is 0 Å². The molecule has 0 aliphatic carbocycles. The molecular weight excluding hydrogens is 1590 g/mol. The van der Waals surface area contributed by atoms with Gasteiger partial charge in [-0.3, -0.25) is 19.2 Å². The number of rotatable bonds is 35. The van der Waals surface area contributed by atoms with Crippen molar-refractivity contribution in [1.29, 1.82) is 0 Å². The van der Waals surface area contributed by atoms with Crippen molar-refractivity contribution in [3.8, 4) is 75.3 Å². The average molecular weight is 1700 g/mol. The van der Waals surface area contributed by atoms with Gasteiger partial charge in [0.05, 0.1) is 62.7 Å². The number of carbonyl (C=O) groups is 4. The van der Waals surface area contributed by atoms with Crippen LogP contribution < -0.4 is 48.8 Å². The van der Waals surface area contributed by atoms with E-state index in [1.54, 1.807) is 24.3 Å². The monoisotopic (exact) mass is 1700 g/mol. The molecular formula is C82H104O24S7. The summed E-state index contributed by atoms with van der Waals surface area (Å²) in [4.78, 5) is 60.8. The van der Waals surface area contributed by atoms with E-state index in [1.165, 1.54) is 80.9 Å². The lowest BCUT2D eigenvalue weighted by Gasteiger charge is -2.23. The second-order valence-corrected chi connectivity index (χ2v) is 36.1. The molecule has 5 aliphatic heterocycles. The largest absolute Gasteiger partial charge is 0.744 e. The third kappa shape index (κ3) is 22.4. The molecule has 0 spiro atoms. The Balaban J connectivity index is 0.000000528. The van der Waals surface area contributed by atoms with Gasteiger partial charge < -0.3 is 65.9 Å². The molecule has 6 unspecified atom stereocenters. The van der Waals surface area contributed by atoms with Crippen molar-refractivity contribution >= 4 is 101 Å². The van der Waals surface area contributed by atoms with Crippen molar-refractivity contribution < 1.29 is 102 Å². The zero-order valence-corrected chi connectivity index (χ0v) is 71.7. The molecule has 618 valence electrons. The zero-order chi connectivity index (χ0) is 80.9. The van der Waals surface area contributed by atoms with E-state index in [9.17, 15) is 45.1 Å². The topological polar surface area (TPSA) is 316 Å². The summed E-state index contributed by atoms with van der Waals surface area (Å²) in [7, 11) is -8.54. The molecule has 10 heterocycles. The molecule has 0 N–H and O–H groups in total. The number of hydrogen-bond acceptors (Lipinski definition) is 27. The van der Waals surface area contributed by atoms with Crippen LogP contribution in [0.3, 0.4) is 0 Å².